The minimum Gasteiger partial charge on any atom is -0.504 e. The molecule has 0 aliphatic heterocycles. The highest BCUT2D eigenvalue weighted by atomic mass is 16.6. The molecule has 8 N–H and O–H groups in total. The molecular weight excluding hydrogens is 460 g/mol. The summed E-state index contributed by atoms with van der Waals surface area (Å²) in [4.78, 5) is 35.7. The number of aromatic carboxylic acids is 1. The maximum absolute atomic E-state index is 12.4. The predicted octanol–water partition coefficient (Wildman–Crippen LogP) is 1.76. The van der Waals surface area contributed by atoms with E-state index in [0.29, 0.717) is 18.2 Å². The molecule has 0 aromatic heterocycles. The quantitative estimate of drug-likeness (QED) is 0.150. The molecule has 0 unspecified atom stereocenters. The molecule has 3 aromatic carbocycles. The summed E-state index contributed by atoms with van der Waals surface area (Å²) in [5.74, 6) is -12.0. The van der Waals surface area contributed by atoms with Gasteiger partial charge in [-0.2, -0.15) is 0 Å². The molecule has 0 heterocycles. The Hall–Kier alpha value is -5.33. The van der Waals surface area contributed by atoms with Crippen LogP contribution in [0.3, 0.4) is 0 Å². The molecule has 0 radical (unpaired) electrons. The highest BCUT2D eigenvalue weighted by molar-refractivity contribution is 5.96. The van der Waals surface area contributed by atoms with Gasteiger partial charge in [-0.1, -0.05) is 0 Å². The zero-order valence-corrected chi connectivity index (χ0v) is 16.6. The van der Waals surface area contributed by atoms with Gasteiger partial charge < -0.3 is 50.3 Å². The third-order valence-electron chi connectivity index (χ3n) is 4.29. The summed E-state index contributed by atoms with van der Waals surface area (Å²) in [6.45, 7) is 0. The number of esters is 2. The van der Waals surface area contributed by atoms with Crippen molar-refractivity contribution in [3.8, 4) is 51.7 Å². The third kappa shape index (κ3) is 4.47. The molecule has 0 aliphatic rings. The van der Waals surface area contributed by atoms with Crippen LogP contribution in [0.25, 0.3) is 0 Å². The van der Waals surface area contributed by atoms with Gasteiger partial charge in [0.05, 0.1) is 16.7 Å². The minimum atomic E-state index is -1.48. The van der Waals surface area contributed by atoms with E-state index in [1.54, 1.807) is 0 Å². The van der Waals surface area contributed by atoms with Crippen LogP contribution in [0.2, 0.25) is 0 Å². The molecule has 0 spiro atoms. The smallest absolute Gasteiger partial charge is 0.344 e. The van der Waals surface area contributed by atoms with Crippen molar-refractivity contribution in [2.45, 2.75) is 0 Å². The van der Waals surface area contributed by atoms with Crippen LogP contribution in [0.4, 0.5) is 0 Å². The van der Waals surface area contributed by atoms with E-state index in [2.05, 4.69) is 0 Å². The molecule has 13 heteroatoms. The molecule has 34 heavy (non-hydrogen) atoms. The number of aromatic hydroxyl groups is 7. The second-order valence-electron chi connectivity index (χ2n) is 6.63. The number of hydrogen-bond acceptors (Lipinski definition) is 12. The zero-order chi connectivity index (χ0) is 25.3. The highest BCUT2D eigenvalue weighted by Gasteiger charge is 2.23. The lowest BCUT2D eigenvalue weighted by molar-refractivity contribution is 0.0692. The molecule has 13 nitrogen and oxygen atoms in total. The van der Waals surface area contributed by atoms with Gasteiger partial charge in [0.2, 0.25) is 11.5 Å². The Morgan fingerprint density at radius 3 is 1.44 bits per heavy atom. The van der Waals surface area contributed by atoms with Crippen molar-refractivity contribution in [3.63, 3.8) is 0 Å². The second-order valence-corrected chi connectivity index (χ2v) is 6.63. The second kappa shape index (κ2) is 8.66. The number of ether oxygens (including phenoxy) is 2. The van der Waals surface area contributed by atoms with E-state index in [1.165, 1.54) is 0 Å². The summed E-state index contributed by atoms with van der Waals surface area (Å²) >= 11 is 0. The van der Waals surface area contributed by atoms with Gasteiger partial charge in [-0.15, -0.1) is 0 Å². The van der Waals surface area contributed by atoms with Crippen molar-refractivity contribution in [2.24, 2.45) is 0 Å². The summed E-state index contributed by atoms with van der Waals surface area (Å²) < 4.78 is 9.69. The number of carboxylic acid groups (broad SMARTS) is 1. The number of phenolic OH excluding ortho intramolecular Hbond substituents is 7. The maximum atomic E-state index is 12.4. The van der Waals surface area contributed by atoms with E-state index in [4.69, 9.17) is 14.6 Å². The molecule has 0 saturated heterocycles. The van der Waals surface area contributed by atoms with Crippen molar-refractivity contribution in [2.75, 3.05) is 0 Å². The monoisotopic (exact) mass is 474 g/mol. The first kappa shape index (κ1) is 23.3. The minimum absolute atomic E-state index is 0.479. The maximum Gasteiger partial charge on any atom is 0.344 e. The first-order valence-corrected chi connectivity index (χ1v) is 8.93. The predicted molar refractivity (Wildman–Crippen MR) is 108 cm³/mol. The van der Waals surface area contributed by atoms with Gasteiger partial charge in [0.25, 0.3) is 0 Å². The van der Waals surface area contributed by atoms with Crippen LogP contribution in [0.5, 0.6) is 51.7 Å². The fourth-order valence-electron chi connectivity index (χ4n) is 2.65. The standard InChI is InChI=1S/C21H14O13/c22-10-3-8(4-11(23)16(10)27)20(31)33-15-6-9(5-12(24)17(15)28)21(32)34-18-13(25)1-7(19(29)30)2-14(18)26/h1-6,22-28H,(H,29,30). The summed E-state index contributed by atoms with van der Waals surface area (Å²) in [6.07, 6.45) is 0. The van der Waals surface area contributed by atoms with Crippen molar-refractivity contribution in [1.29, 1.82) is 0 Å². The summed E-state index contributed by atoms with van der Waals surface area (Å²) in [5, 5.41) is 76.8. The molecule has 0 bridgehead atoms. The van der Waals surface area contributed by atoms with Gasteiger partial charge in [0.15, 0.2) is 40.2 Å². The molecule has 0 aliphatic carbocycles. The molecule has 0 amide bonds. The molecule has 0 fully saturated rings. The van der Waals surface area contributed by atoms with Gasteiger partial charge in [0.1, 0.15) is 0 Å². The molecule has 0 saturated carbocycles. The van der Waals surface area contributed by atoms with Crippen molar-refractivity contribution in [3.05, 3.63) is 53.1 Å². The fraction of sp³-hybridized carbons (Fsp3) is 0. The Balaban J connectivity index is 1.91. The number of rotatable bonds is 5. The number of carboxylic acids is 1. The Bertz CT molecular complexity index is 1300. The zero-order valence-electron chi connectivity index (χ0n) is 16.6. The molecule has 0 atom stereocenters. The molecule has 3 rings (SSSR count). The van der Waals surface area contributed by atoms with Gasteiger partial charge in [-0.3, -0.25) is 0 Å². The largest absolute Gasteiger partial charge is 0.504 e. The van der Waals surface area contributed by atoms with Crippen LogP contribution in [-0.2, 0) is 0 Å². The van der Waals surface area contributed by atoms with E-state index >= 15 is 0 Å². The lowest BCUT2D eigenvalue weighted by atomic mass is 10.1. The van der Waals surface area contributed by atoms with E-state index in [1.807, 2.05) is 0 Å². The van der Waals surface area contributed by atoms with Crippen LogP contribution in [-0.4, -0.2) is 58.8 Å². The lowest BCUT2D eigenvalue weighted by Gasteiger charge is -2.12. The number of carbonyl (C=O) groups is 3. The summed E-state index contributed by atoms with van der Waals surface area (Å²) in [5.41, 5.74) is -1.53. The Morgan fingerprint density at radius 2 is 0.941 bits per heavy atom. The Kier molecular flexibility index (Phi) is 5.94. The van der Waals surface area contributed by atoms with Crippen LogP contribution in [0, 0.1) is 0 Å². The van der Waals surface area contributed by atoms with Crippen LogP contribution < -0.4 is 9.47 Å². The van der Waals surface area contributed by atoms with E-state index in [-0.39, 0.29) is 0 Å². The van der Waals surface area contributed by atoms with Gasteiger partial charge in [-0.05, 0) is 36.4 Å². The van der Waals surface area contributed by atoms with Gasteiger partial charge in [0, 0.05) is 0 Å². The van der Waals surface area contributed by atoms with E-state index in [0.717, 1.165) is 18.2 Å². The van der Waals surface area contributed by atoms with E-state index in [9.17, 15) is 50.1 Å². The molecule has 176 valence electrons. The number of carbonyl (C=O) groups excluding carboxylic acids is 2. The number of hydrogen-bond donors (Lipinski definition) is 8. The average Bonchev–Trinajstić information content (AvgIpc) is 2.76. The van der Waals surface area contributed by atoms with Crippen molar-refractivity contribution >= 4 is 17.9 Å². The van der Waals surface area contributed by atoms with Crippen molar-refractivity contribution < 1.29 is 64.7 Å². The van der Waals surface area contributed by atoms with Gasteiger partial charge >= 0.3 is 17.9 Å². The summed E-state index contributed by atoms with van der Waals surface area (Å²) in [6, 6.07) is 4.32. The Morgan fingerprint density at radius 1 is 0.529 bits per heavy atom. The van der Waals surface area contributed by atoms with E-state index < -0.39 is 86.3 Å². The topological polar surface area (TPSA) is 232 Å². The van der Waals surface area contributed by atoms with Crippen LogP contribution >= 0.6 is 0 Å². The van der Waals surface area contributed by atoms with Crippen molar-refractivity contribution in [1.82, 2.24) is 0 Å². The first-order valence-electron chi connectivity index (χ1n) is 8.93. The lowest BCUT2D eigenvalue weighted by Crippen LogP contribution is -2.12. The third-order valence-corrected chi connectivity index (χ3v) is 4.29. The Labute approximate surface area is 188 Å². The normalized spacial score (nSPS) is 10.5. The SMILES string of the molecule is O=C(O)c1cc(O)c(OC(=O)c2cc(O)c(O)c(OC(=O)c3cc(O)c(O)c(O)c3)c2)c(O)c1. The first-order chi connectivity index (χ1) is 15.9. The molecule has 3 aromatic rings. The number of benzene rings is 3. The van der Waals surface area contributed by atoms with Crippen LogP contribution in [0.15, 0.2) is 36.4 Å². The number of phenols is 7. The highest BCUT2D eigenvalue weighted by Crippen LogP contribution is 2.41. The fourth-order valence-corrected chi connectivity index (χ4v) is 2.65. The average molecular weight is 474 g/mol. The molecular formula is C21H14O13. The van der Waals surface area contributed by atoms with Crippen LogP contribution in [0.1, 0.15) is 31.1 Å². The van der Waals surface area contributed by atoms with Gasteiger partial charge in [-0.25, -0.2) is 14.4 Å². The summed E-state index contributed by atoms with van der Waals surface area (Å²) in [7, 11) is 0.